The molecule has 1 unspecified atom stereocenters. The lowest BCUT2D eigenvalue weighted by molar-refractivity contribution is 0.0575. The molecule has 5 heteroatoms. The summed E-state index contributed by atoms with van der Waals surface area (Å²) in [7, 11) is 1.58. The summed E-state index contributed by atoms with van der Waals surface area (Å²) in [5, 5.41) is 0. The van der Waals surface area contributed by atoms with E-state index in [1.165, 1.54) is 12.1 Å². The third-order valence-corrected chi connectivity index (χ3v) is 3.19. The number of ether oxygens (including phenoxy) is 1. The van der Waals surface area contributed by atoms with Gasteiger partial charge in [-0.25, -0.2) is 4.39 Å². The molecule has 0 aliphatic heterocycles. The normalized spacial score (nSPS) is 12.3. The van der Waals surface area contributed by atoms with Crippen LogP contribution in [0.4, 0.5) is 4.39 Å². The van der Waals surface area contributed by atoms with Crippen molar-refractivity contribution in [2.45, 2.75) is 19.9 Å². The van der Waals surface area contributed by atoms with Crippen molar-refractivity contribution in [3.05, 3.63) is 34.1 Å². The number of rotatable bonds is 5. The number of likely N-dealkylation sites (N-methyl/N-ethyl adjacent to an activating group) is 1. The third-order valence-electron chi connectivity index (χ3n) is 2.70. The highest BCUT2D eigenvalue weighted by Gasteiger charge is 2.22. The van der Waals surface area contributed by atoms with E-state index in [1.807, 2.05) is 13.8 Å². The summed E-state index contributed by atoms with van der Waals surface area (Å²) >= 11 is 3.24. The number of hydrogen-bond donors (Lipinski definition) is 0. The van der Waals surface area contributed by atoms with Gasteiger partial charge in [-0.3, -0.25) is 4.79 Å². The SMILES string of the molecule is CCN(C(=O)c1cc(Br)ccc1F)C(C)COC. The van der Waals surface area contributed by atoms with Crippen LogP contribution in [0.2, 0.25) is 0 Å². The average Bonchev–Trinajstić information content (AvgIpc) is 2.33. The molecule has 0 fully saturated rings. The molecule has 0 aromatic heterocycles. The van der Waals surface area contributed by atoms with Crippen molar-refractivity contribution >= 4 is 21.8 Å². The molecule has 0 N–H and O–H groups in total. The Morgan fingerprint density at radius 3 is 2.78 bits per heavy atom. The minimum absolute atomic E-state index is 0.0779. The van der Waals surface area contributed by atoms with Crippen LogP contribution in [0, 0.1) is 5.82 Å². The largest absolute Gasteiger partial charge is 0.383 e. The van der Waals surface area contributed by atoms with E-state index in [9.17, 15) is 9.18 Å². The first-order chi connectivity index (χ1) is 8.51. The lowest BCUT2D eigenvalue weighted by atomic mass is 10.1. The fourth-order valence-corrected chi connectivity index (χ4v) is 2.16. The van der Waals surface area contributed by atoms with E-state index in [2.05, 4.69) is 15.9 Å². The van der Waals surface area contributed by atoms with Crippen LogP contribution in [-0.4, -0.2) is 37.1 Å². The van der Waals surface area contributed by atoms with Gasteiger partial charge in [0.15, 0.2) is 0 Å². The molecule has 0 bridgehead atoms. The molecule has 0 aliphatic rings. The minimum atomic E-state index is -0.508. The Labute approximate surface area is 115 Å². The summed E-state index contributed by atoms with van der Waals surface area (Å²) in [5.74, 6) is -0.827. The molecular formula is C13H17BrFNO2. The molecule has 100 valence electrons. The molecule has 18 heavy (non-hydrogen) atoms. The molecule has 1 aromatic carbocycles. The van der Waals surface area contributed by atoms with Crippen LogP contribution in [0.25, 0.3) is 0 Å². The van der Waals surface area contributed by atoms with Gasteiger partial charge in [0.05, 0.1) is 18.2 Å². The fraction of sp³-hybridized carbons (Fsp3) is 0.462. The van der Waals surface area contributed by atoms with Crippen molar-refractivity contribution in [3.8, 4) is 0 Å². The van der Waals surface area contributed by atoms with Gasteiger partial charge in [-0.05, 0) is 32.0 Å². The lowest BCUT2D eigenvalue weighted by Gasteiger charge is -2.27. The van der Waals surface area contributed by atoms with Gasteiger partial charge in [-0.2, -0.15) is 0 Å². The van der Waals surface area contributed by atoms with E-state index < -0.39 is 5.82 Å². The topological polar surface area (TPSA) is 29.5 Å². The molecule has 1 amide bonds. The Morgan fingerprint density at radius 2 is 2.22 bits per heavy atom. The number of benzene rings is 1. The first-order valence-corrected chi connectivity index (χ1v) is 6.55. The van der Waals surface area contributed by atoms with Crippen LogP contribution in [-0.2, 0) is 4.74 Å². The zero-order valence-corrected chi connectivity index (χ0v) is 12.3. The second-order valence-electron chi connectivity index (χ2n) is 4.02. The number of amides is 1. The molecule has 3 nitrogen and oxygen atoms in total. The number of halogens is 2. The molecular weight excluding hydrogens is 301 g/mol. The van der Waals surface area contributed by atoms with Crippen molar-refractivity contribution < 1.29 is 13.9 Å². The maximum absolute atomic E-state index is 13.7. The molecule has 1 atom stereocenters. The van der Waals surface area contributed by atoms with Crippen molar-refractivity contribution in [3.63, 3.8) is 0 Å². The number of carbonyl (C=O) groups is 1. The number of nitrogens with zero attached hydrogens (tertiary/aromatic N) is 1. The second kappa shape index (κ2) is 6.85. The van der Waals surface area contributed by atoms with Crippen molar-refractivity contribution in [1.82, 2.24) is 4.90 Å². The highest BCUT2D eigenvalue weighted by atomic mass is 79.9. The average molecular weight is 318 g/mol. The van der Waals surface area contributed by atoms with Gasteiger partial charge in [-0.15, -0.1) is 0 Å². The predicted octanol–water partition coefficient (Wildman–Crippen LogP) is 3.09. The van der Waals surface area contributed by atoms with Crippen molar-refractivity contribution in [2.75, 3.05) is 20.3 Å². The van der Waals surface area contributed by atoms with Gasteiger partial charge in [0.1, 0.15) is 5.82 Å². The van der Waals surface area contributed by atoms with Crippen molar-refractivity contribution in [1.29, 1.82) is 0 Å². The molecule has 0 saturated carbocycles. The highest BCUT2D eigenvalue weighted by Crippen LogP contribution is 2.18. The van der Waals surface area contributed by atoms with E-state index in [1.54, 1.807) is 18.1 Å². The van der Waals surface area contributed by atoms with Gasteiger partial charge in [0.25, 0.3) is 5.91 Å². The fourth-order valence-electron chi connectivity index (χ4n) is 1.80. The molecule has 0 radical (unpaired) electrons. The van der Waals surface area contributed by atoms with Gasteiger partial charge < -0.3 is 9.64 Å². The second-order valence-corrected chi connectivity index (χ2v) is 4.94. The molecule has 0 aliphatic carbocycles. The minimum Gasteiger partial charge on any atom is -0.383 e. The summed E-state index contributed by atoms with van der Waals surface area (Å²) in [6.07, 6.45) is 0. The van der Waals surface area contributed by atoms with Crippen molar-refractivity contribution in [2.24, 2.45) is 0 Å². The van der Waals surface area contributed by atoms with Crippen LogP contribution in [0.5, 0.6) is 0 Å². The maximum atomic E-state index is 13.7. The molecule has 1 aromatic rings. The van der Waals surface area contributed by atoms with E-state index in [-0.39, 0.29) is 17.5 Å². The van der Waals surface area contributed by atoms with Gasteiger partial charge >= 0.3 is 0 Å². The summed E-state index contributed by atoms with van der Waals surface area (Å²) in [6.45, 7) is 4.67. The molecule has 1 rings (SSSR count). The Morgan fingerprint density at radius 1 is 1.56 bits per heavy atom. The molecule has 0 saturated heterocycles. The lowest BCUT2D eigenvalue weighted by Crippen LogP contribution is -2.41. The van der Waals surface area contributed by atoms with E-state index in [0.29, 0.717) is 17.6 Å². The zero-order chi connectivity index (χ0) is 13.7. The zero-order valence-electron chi connectivity index (χ0n) is 10.7. The van der Waals surface area contributed by atoms with Crippen LogP contribution in [0.1, 0.15) is 24.2 Å². The maximum Gasteiger partial charge on any atom is 0.257 e. The predicted molar refractivity (Wildman–Crippen MR) is 72.1 cm³/mol. The Kier molecular flexibility index (Phi) is 5.75. The standard InChI is InChI=1S/C13H17BrFNO2/c1-4-16(9(2)8-18-3)13(17)11-7-10(14)5-6-12(11)15/h5-7,9H,4,8H2,1-3H3. The van der Waals surface area contributed by atoms with E-state index >= 15 is 0 Å². The third kappa shape index (κ3) is 3.53. The number of hydrogen-bond acceptors (Lipinski definition) is 2. The Bertz CT molecular complexity index is 425. The summed E-state index contributed by atoms with van der Waals surface area (Å²) in [4.78, 5) is 13.9. The first kappa shape index (κ1) is 15.1. The quantitative estimate of drug-likeness (QED) is 0.835. The number of carbonyl (C=O) groups excluding carboxylic acids is 1. The summed E-state index contributed by atoms with van der Waals surface area (Å²) in [6, 6.07) is 4.26. The first-order valence-electron chi connectivity index (χ1n) is 5.76. The van der Waals surface area contributed by atoms with Gasteiger partial charge in [0.2, 0.25) is 0 Å². The summed E-state index contributed by atoms with van der Waals surface area (Å²) < 4.78 is 19.4. The highest BCUT2D eigenvalue weighted by molar-refractivity contribution is 9.10. The van der Waals surface area contributed by atoms with Gasteiger partial charge in [0, 0.05) is 18.1 Å². The van der Waals surface area contributed by atoms with Crippen LogP contribution in [0.15, 0.2) is 22.7 Å². The number of methoxy groups -OCH3 is 1. The Hall–Kier alpha value is -0.940. The van der Waals surface area contributed by atoms with Crippen LogP contribution in [0.3, 0.4) is 0 Å². The van der Waals surface area contributed by atoms with E-state index in [0.717, 1.165) is 0 Å². The van der Waals surface area contributed by atoms with Crippen LogP contribution >= 0.6 is 15.9 Å². The molecule has 0 spiro atoms. The van der Waals surface area contributed by atoms with Crippen LogP contribution < -0.4 is 0 Å². The smallest absolute Gasteiger partial charge is 0.257 e. The van der Waals surface area contributed by atoms with Gasteiger partial charge in [-0.1, -0.05) is 15.9 Å². The summed E-state index contributed by atoms with van der Waals surface area (Å²) in [5.41, 5.74) is 0.0779. The monoisotopic (exact) mass is 317 g/mol. The Balaban J connectivity index is 2.99. The van der Waals surface area contributed by atoms with E-state index in [4.69, 9.17) is 4.74 Å². The molecule has 0 heterocycles.